The van der Waals surface area contributed by atoms with Crippen LogP contribution in [0.2, 0.25) is 5.04 Å². The number of carbonyl (C=O) groups is 1. The standard InChI is InChI=1S/C20H24FN4O5SSi/c1-19(2,3)30-18(27)25-31(28,29)14-4-5-16(15(21)6-14)24-17-22-9-13(10-23-17)12-7-20(32,8-12)11-26/h4-6,9-10,12,26H,7-8,11H2,1-3H3,(H,25,27)(H,22,23,24). The highest BCUT2D eigenvalue weighted by Gasteiger charge is 2.40. The molecule has 0 aliphatic heterocycles. The Hall–Kier alpha value is -2.57. The van der Waals surface area contributed by atoms with Crippen LogP contribution in [-0.2, 0) is 14.8 Å². The van der Waals surface area contributed by atoms with Crippen molar-refractivity contribution in [2.24, 2.45) is 0 Å². The van der Waals surface area contributed by atoms with E-state index in [1.807, 2.05) is 0 Å². The van der Waals surface area contributed by atoms with Crippen LogP contribution in [0.3, 0.4) is 0 Å². The van der Waals surface area contributed by atoms with Crippen molar-refractivity contribution in [2.75, 3.05) is 11.9 Å². The second-order valence-corrected chi connectivity index (χ2v) is 11.5. The summed E-state index contributed by atoms with van der Waals surface area (Å²) in [7, 11) is -0.759. The van der Waals surface area contributed by atoms with Crippen molar-refractivity contribution in [3.05, 3.63) is 42.0 Å². The first-order chi connectivity index (χ1) is 14.8. The van der Waals surface area contributed by atoms with E-state index in [0.29, 0.717) is 0 Å². The van der Waals surface area contributed by atoms with E-state index < -0.39 is 32.4 Å². The minimum Gasteiger partial charge on any atom is -0.443 e. The number of nitrogens with one attached hydrogen (secondary N) is 2. The monoisotopic (exact) mass is 479 g/mol. The number of aliphatic hydroxyl groups is 1. The molecule has 2 aromatic rings. The maximum absolute atomic E-state index is 14.5. The first kappa shape index (κ1) is 24.1. The molecule has 1 amide bonds. The molecule has 0 unspecified atom stereocenters. The highest BCUT2D eigenvalue weighted by atomic mass is 32.2. The van der Waals surface area contributed by atoms with Gasteiger partial charge in [0, 0.05) is 29.2 Å². The number of carbonyl (C=O) groups excluding carboxylic acids is 1. The molecule has 3 rings (SSSR count). The predicted molar refractivity (Wildman–Crippen MR) is 116 cm³/mol. The van der Waals surface area contributed by atoms with E-state index in [0.717, 1.165) is 30.5 Å². The SMILES string of the molecule is CC(C)(C)OC(=O)NS(=O)(=O)c1ccc(Nc2ncc(C3CC([Si])(CO)C3)cn2)c(F)c1. The number of aliphatic hydroxyl groups excluding tert-OH is 1. The summed E-state index contributed by atoms with van der Waals surface area (Å²) < 4.78 is 45.8. The number of ether oxygens (including phenoxy) is 1. The topological polar surface area (TPSA) is 131 Å². The van der Waals surface area contributed by atoms with Gasteiger partial charge in [-0.3, -0.25) is 0 Å². The predicted octanol–water partition coefficient (Wildman–Crippen LogP) is 2.77. The van der Waals surface area contributed by atoms with Crippen LogP contribution in [0.25, 0.3) is 0 Å². The summed E-state index contributed by atoms with van der Waals surface area (Å²) in [5, 5.41) is 11.8. The largest absolute Gasteiger partial charge is 0.443 e. The van der Waals surface area contributed by atoms with Crippen LogP contribution in [0.1, 0.15) is 45.1 Å². The second-order valence-electron chi connectivity index (χ2n) is 8.76. The summed E-state index contributed by atoms with van der Waals surface area (Å²) in [6, 6.07) is 3.13. The fourth-order valence-electron chi connectivity index (χ4n) is 3.21. The lowest BCUT2D eigenvalue weighted by atomic mass is 9.71. The summed E-state index contributed by atoms with van der Waals surface area (Å²) >= 11 is 0. The number of anilines is 2. The van der Waals surface area contributed by atoms with Gasteiger partial charge in [-0.2, -0.15) is 0 Å². The van der Waals surface area contributed by atoms with Crippen LogP contribution in [0.4, 0.5) is 20.8 Å². The molecule has 0 saturated heterocycles. The number of rotatable bonds is 6. The van der Waals surface area contributed by atoms with Crippen molar-refractivity contribution in [1.29, 1.82) is 0 Å². The number of hydrogen-bond acceptors (Lipinski definition) is 8. The Labute approximate surface area is 189 Å². The fourth-order valence-corrected chi connectivity index (χ4v) is 4.59. The third-order valence-corrected chi connectivity index (χ3v) is 6.71. The van der Waals surface area contributed by atoms with Crippen LogP contribution >= 0.6 is 0 Å². The molecule has 9 nitrogen and oxygen atoms in total. The quantitative estimate of drug-likeness (QED) is 0.539. The molecule has 1 saturated carbocycles. The molecule has 1 aromatic heterocycles. The summed E-state index contributed by atoms with van der Waals surface area (Å²) in [4.78, 5) is 19.7. The van der Waals surface area contributed by atoms with Crippen LogP contribution in [0.15, 0.2) is 35.5 Å². The Morgan fingerprint density at radius 3 is 2.47 bits per heavy atom. The third-order valence-electron chi connectivity index (χ3n) is 4.83. The van der Waals surface area contributed by atoms with E-state index in [4.69, 9.17) is 4.74 Å². The maximum Gasteiger partial charge on any atom is 0.421 e. The lowest BCUT2D eigenvalue weighted by Crippen LogP contribution is -2.36. The number of benzene rings is 1. The highest BCUT2D eigenvalue weighted by molar-refractivity contribution is 7.90. The van der Waals surface area contributed by atoms with Crippen molar-refractivity contribution < 1.29 is 27.4 Å². The fraction of sp³-hybridized carbons (Fsp3) is 0.450. The average Bonchev–Trinajstić information content (AvgIpc) is 2.65. The van der Waals surface area contributed by atoms with Gasteiger partial charge in [0.25, 0.3) is 10.0 Å². The molecule has 32 heavy (non-hydrogen) atoms. The minimum absolute atomic E-state index is 0.0305. The van der Waals surface area contributed by atoms with E-state index in [9.17, 15) is 22.7 Å². The van der Waals surface area contributed by atoms with E-state index in [-0.39, 0.29) is 29.2 Å². The molecule has 12 heteroatoms. The van der Waals surface area contributed by atoms with Crippen molar-refractivity contribution >= 4 is 38.0 Å². The maximum atomic E-state index is 14.5. The summed E-state index contributed by atoms with van der Waals surface area (Å²) in [6.45, 7) is 4.82. The summed E-state index contributed by atoms with van der Waals surface area (Å²) in [6.07, 6.45) is 3.63. The van der Waals surface area contributed by atoms with Crippen molar-refractivity contribution in [1.82, 2.24) is 14.7 Å². The van der Waals surface area contributed by atoms with Crippen LogP contribution in [0.5, 0.6) is 0 Å². The van der Waals surface area contributed by atoms with Gasteiger partial charge in [-0.25, -0.2) is 32.3 Å². The molecular formula is C20H24FN4O5SSi. The molecule has 1 heterocycles. The van der Waals surface area contributed by atoms with Gasteiger partial charge in [-0.15, -0.1) is 0 Å². The van der Waals surface area contributed by atoms with Gasteiger partial charge in [0.05, 0.1) is 10.6 Å². The Balaban J connectivity index is 1.66. The lowest BCUT2D eigenvalue weighted by Gasteiger charge is -2.44. The normalized spacial score (nSPS) is 20.9. The van der Waals surface area contributed by atoms with Gasteiger partial charge in [0.1, 0.15) is 11.4 Å². The first-order valence-corrected chi connectivity index (χ1v) is 11.8. The zero-order chi connectivity index (χ0) is 23.7. The number of halogens is 1. The van der Waals surface area contributed by atoms with Crippen LogP contribution in [0, 0.1) is 5.82 Å². The molecule has 3 radical (unpaired) electrons. The first-order valence-electron chi connectivity index (χ1n) is 9.80. The van der Waals surface area contributed by atoms with Crippen molar-refractivity contribution in [3.63, 3.8) is 0 Å². The highest BCUT2D eigenvalue weighted by Crippen LogP contribution is 2.53. The molecule has 3 N–H and O–H groups in total. The lowest BCUT2D eigenvalue weighted by molar-refractivity contribution is 0.0570. The molecule has 0 atom stereocenters. The zero-order valence-electron chi connectivity index (χ0n) is 17.8. The van der Waals surface area contributed by atoms with Crippen molar-refractivity contribution in [3.8, 4) is 0 Å². The van der Waals surface area contributed by atoms with E-state index in [1.165, 1.54) is 6.07 Å². The summed E-state index contributed by atoms with van der Waals surface area (Å²) in [5.41, 5.74) is -0.00632. The molecule has 1 fully saturated rings. The third kappa shape index (κ3) is 5.81. The van der Waals surface area contributed by atoms with Gasteiger partial charge in [-0.05, 0) is 68.3 Å². The van der Waals surface area contributed by atoms with Gasteiger partial charge in [0.15, 0.2) is 0 Å². The van der Waals surface area contributed by atoms with Gasteiger partial charge >= 0.3 is 6.09 Å². The number of amides is 1. The minimum atomic E-state index is -4.31. The Morgan fingerprint density at radius 1 is 1.31 bits per heavy atom. The van der Waals surface area contributed by atoms with E-state index in [2.05, 4.69) is 25.5 Å². The molecule has 0 bridgehead atoms. The second kappa shape index (κ2) is 8.75. The number of aromatic nitrogens is 2. The Bertz CT molecular complexity index is 1100. The van der Waals surface area contributed by atoms with Gasteiger partial charge in [-0.1, -0.05) is 0 Å². The summed E-state index contributed by atoms with van der Waals surface area (Å²) in [5.74, 6) is -0.496. The van der Waals surface area contributed by atoms with E-state index >= 15 is 0 Å². The molecule has 1 aromatic carbocycles. The number of hydrogen-bond donors (Lipinski definition) is 3. The Morgan fingerprint density at radius 2 is 1.94 bits per heavy atom. The molecule has 1 aliphatic rings. The number of sulfonamides is 1. The van der Waals surface area contributed by atoms with E-state index in [1.54, 1.807) is 37.9 Å². The molecule has 171 valence electrons. The molecule has 0 spiro atoms. The van der Waals surface area contributed by atoms with Gasteiger partial charge in [0.2, 0.25) is 5.95 Å². The van der Waals surface area contributed by atoms with Crippen molar-refractivity contribution in [2.45, 2.75) is 55.1 Å². The smallest absolute Gasteiger partial charge is 0.421 e. The van der Waals surface area contributed by atoms with Gasteiger partial charge < -0.3 is 15.2 Å². The number of nitrogens with zero attached hydrogens (tertiary/aromatic N) is 2. The average molecular weight is 480 g/mol. The van der Waals surface area contributed by atoms with Crippen LogP contribution < -0.4 is 10.0 Å². The molecular weight excluding hydrogens is 455 g/mol. The zero-order valence-corrected chi connectivity index (χ0v) is 19.7. The van der Waals surface area contributed by atoms with Crippen LogP contribution in [-0.4, -0.2) is 52.0 Å². The molecule has 1 aliphatic carbocycles. The Kier molecular flexibility index (Phi) is 6.59.